The Morgan fingerprint density at radius 1 is 1.26 bits per heavy atom. The van der Waals surface area contributed by atoms with E-state index in [2.05, 4.69) is 22.1 Å². The molecule has 1 heterocycles. The normalized spacial score (nSPS) is 19.9. The standard InChI is InChI=1S/C22H29N3O2/c1-3-25(19-11-4-5-12-20(19)26)15-17-9-6-10-18(14-17)22(27)24-21-16(2)8-7-13-23-21/h6-10,13-14,19-20,26H,3-5,11-12,15H2,1-2H3,(H,23,24,27)/t19-,20-/m1/s1. The highest BCUT2D eigenvalue weighted by atomic mass is 16.3. The second-order valence-electron chi connectivity index (χ2n) is 7.31. The minimum atomic E-state index is -0.252. The molecule has 27 heavy (non-hydrogen) atoms. The Morgan fingerprint density at radius 2 is 2.07 bits per heavy atom. The molecule has 1 fully saturated rings. The van der Waals surface area contributed by atoms with E-state index in [0.29, 0.717) is 11.4 Å². The molecule has 0 bridgehead atoms. The molecule has 0 spiro atoms. The molecule has 2 atom stereocenters. The minimum absolute atomic E-state index is 0.153. The number of pyridine rings is 1. The average molecular weight is 367 g/mol. The van der Waals surface area contributed by atoms with Crippen LogP contribution in [-0.4, -0.2) is 39.6 Å². The van der Waals surface area contributed by atoms with Crippen LogP contribution in [0.3, 0.4) is 0 Å². The zero-order valence-electron chi connectivity index (χ0n) is 16.2. The largest absolute Gasteiger partial charge is 0.391 e. The number of aliphatic hydroxyl groups excluding tert-OH is 1. The van der Waals surface area contributed by atoms with Gasteiger partial charge in [-0.1, -0.05) is 38.0 Å². The molecule has 1 aliphatic rings. The maximum absolute atomic E-state index is 12.6. The van der Waals surface area contributed by atoms with Crippen molar-refractivity contribution in [3.63, 3.8) is 0 Å². The van der Waals surface area contributed by atoms with Crippen LogP contribution in [0.4, 0.5) is 5.82 Å². The maximum Gasteiger partial charge on any atom is 0.256 e. The number of aliphatic hydroxyl groups is 1. The van der Waals surface area contributed by atoms with Gasteiger partial charge in [-0.2, -0.15) is 0 Å². The molecule has 0 radical (unpaired) electrons. The first kappa shape index (κ1) is 19.5. The van der Waals surface area contributed by atoms with Crippen LogP contribution >= 0.6 is 0 Å². The third kappa shape index (κ3) is 4.93. The highest BCUT2D eigenvalue weighted by Crippen LogP contribution is 2.24. The van der Waals surface area contributed by atoms with Crippen molar-refractivity contribution in [3.8, 4) is 0 Å². The molecule has 0 aliphatic heterocycles. The number of aromatic nitrogens is 1. The van der Waals surface area contributed by atoms with Crippen molar-refractivity contribution in [3.05, 3.63) is 59.3 Å². The quantitative estimate of drug-likeness (QED) is 0.816. The number of nitrogens with zero attached hydrogens (tertiary/aromatic N) is 2. The van der Waals surface area contributed by atoms with Crippen molar-refractivity contribution in [1.82, 2.24) is 9.88 Å². The summed E-state index contributed by atoms with van der Waals surface area (Å²) in [6.45, 7) is 5.67. The summed E-state index contributed by atoms with van der Waals surface area (Å²) >= 11 is 0. The molecule has 144 valence electrons. The number of likely N-dealkylation sites (N-methyl/N-ethyl adjacent to an activating group) is 1. The number of hydrogen-bond acceptors (Lipinski definition) is 4. The van der Waals surface area contributed by atoms with Gasteiger partial charge in [0.1, 0.15) is 5.82 Å². The van der Waals surface area contributed by atoms with E-state index in [1.165, 1.54) is 6.42 Å². The minimum Gasteiger partial charge on any atom is -0.391 e. The van der Waals surface area contributed by atoms with Crippen LogP contribution in [0.25, 0.3) is 0 Å². The van der Waals surface area contributed by atoms with E-state index in [4.69, 9.17) is 0 Å². The van der Waals surface area contributed by atoms with Crippen molar-refractivity contribution >= 4 is 11.7 Å². The summed E-state index contributed by atoms with van der Waals surface area (Å²) in [6, 6.07) is 11.7. The van der Waals surface area contributed by atoms with Gasteiger partial charge in [-0.3, -0.25) is 9.69 Å². The number of benzene rings is 1. The predicted octanol–water partition coefficient (Wildman–Crippen LogP) is 3.77. The Bertz CT molecular complexity index is 778. The maximum atomic E-state index is 12.6. The molecule has 2 N–H and O–H groups in total. The van der Waals surface area contributed by atoms with E-state index in [1.54, 1.807) is 6.20 Å². The van der Waals surface area contributed by atoms with Crippen molar-refractivity contribution in [2.75, 3.05) is 11.9 Å². The third-order valence-electron chi connectivity index (χ3n) is 5.39. The summed E-state index contributed by atoms with van der Waals surface area (Å²) in [5, 5.41) is 13.3. The van der Waals surface area contributed by atoms with Gasteiger partial charge < -0.3 is 10.4 Å². The number of amides is 1. The first-order chi connectivity index (χ1) is 13.1. The number of carbonyl (C=O) groups excluding carboxylic acids is 1. The third-order valence-corrected chi connectivity index (χ3v) is 5.39. The van der Waals surface area contributed by atoms with Crippen molar-refractivity contribution in [2.45, 2.75) is 58.2 Å². The fourth-order valence-electron chi connectivity index (χ4n) is 3.82. The van der Waals surface area contributed by atoms with E-state index in [-0.39, 0.29) is 18.1 Å². The van der Waals surface area contributed by atoms with Gasteiger partial charge in [0.2, 0.25) is 0 Å². The first-order valence-corrected chi connectivity index (χ1v) is 9.82. The molecule has 1 amide bonds. The molecule has 1 aromatic carbocycles. The van der Waals surface area contributed by atoms with E-state index < -0.39 is 0 Å². The van der Waals surface area contributed by atoms with Crippen molar-refractivity contribution < 1.29 is 9.90 Å². The van der Waals surface area contributed by atoms with Gasteiger partial charge in [0.25, 0.3) is 5.91 Å². The lowest BCUT2D eigenvalue weighted by atomic mass is 9.91. The second-order valence-corrected chi connectivity index (χ2v) is 7.31. The molecule has 2 aromatic rings. The Kier molecular flexibility index (Phi) is 6.58. The van der Waals surface area contributed by atoms with Crippen molar-refractivity contribution in [2.24, 2.45) is 0 Å². The van der Waals surface area contributed by atoms with E-state index in [1.807, 2.05) is 43.3 Å². The Morgan fingerprint density at radius 3 is 2.81 bits per heavy atom. The molecule has 0 saturated heterocycles. The highest BCUT2D eigenvalue weighted by molar-refractivity contribution is 6.04. The van der Waals surface area contributed by atoms with Crippen LogP contribution in [0.2, 0.25) is 0 Å². The number of nitrogens with one attached hydrogen (secondary N) is 1. The molecular weight excluding hydrogens is 338 g/mol. The SMILES string of the molecule is CCN(Cc1cccc(C(=O)Nc2ncccc2C)c1)[C@@H]1CCCC[C@H]1O. The fraction of sp³-hybridized carbons (Fsp3) is 0.455. The monoisotopic (exact) mass is 367 g/mol. The van der Waals surface area contributed by atoms with Crippen LogP contribution in [-0.2, 0) is 6.54 Å². The first-order valence-electron chi connectivity index (χ1n) is 9.82. The molecule has 3 rings (SSSR count). The average Bonchev–Trinajstić information content (AvgIpc) is 2.69. The number of aryl methyl sites for hydroxylation is 1. The van der Waals surface area contributed by atoms with Gasteiger partial charge in [0, 0.05) is 24.3 Å². The predicted molar refractivity (Wildman–Crippen MR) is 108 cm³/mol. The highest BCUT2D eigenvalue weighted by Gasteiger charge is 2.27. The lowest BCUT2D eigenvalue weighted by molar-refractivity contribution is 0.0182. The molecular formula is C22H29N3O2. The van der Waals surface area contributed by atoms with Crippen molar-refractivity contribution in [1.29, 1.82) is 0 Å². The summed E-state index contributed by atoms with van der Waals surface area (Å²) < 4.78 is 0. The van der Waals surface area contributed by atoms with E-state index >= 15 is 0 Å². The second kappa shape index (κ2) is 9.11. The number of carbonyl (C=O) groups is 1. The Hall–Kier alpha value is -2.24. The Balaban J connectivity index is 1.70. The summed E-state index contributed by atoms with van der Waals surface area (Å²) in [6.07, 6.45) is 5.62. The summed E-state index contributed by atoms with van der Waals surface area (Å²) in [5.74, 6) is 0.438. The van der Waals surface area contributed by atoms with Crippen LogP contribution in [0.1, 0.15) is 54.1 Å². The van der Waals surface area contributed by atoms with Crippen LogP contribution in [0.15, 0.2) is 42.6 Å². The topological polar surface area (TPSA) is 65.5 Å². The van der Waals surface area contributed by atoms with Gasteiger partial charge in [-0.15, -0.1) is 0 Å². The molecule has 1 aliphatic carbocycles. The van der Waals surface area contributed by atoms with Gasteiger partial charge in [-0.25, -0.2) is 4.98 Å². The lowest BCUT2D eigenvalue weighted by Crippen LogP contribution is -2.44. The summed E-state index contributed by atoms with van der Waals surface area (Å²) in [7, 11) is 0. The fourth-order valence-corrected chi connectivity index (χ4v) is 3.82. The zero-order valence-corrected chi connectivity index (χ0v) is 16.2. The molecule has 5 heteroatoms. The smallest absolute Gasteiger partial charge is 0.256 e. The molecule has 1 aromatic heterocycles. The lowest BCUT2D eigenvalue weighted by Gasteiger charge is -2.37. The number of rotatable bonds is 6. The molecule has 1 saturated carbocycles. The van der Waals surface area contributed by atoms with Gasteiger partial charge in [0.05, 0.1) is 6.10 Å². The number of hydrogen-bond donors (Lipinski definition) is 2. The zero-order chi connectivity index (χ0) is 19.2. The number of anilines is 1. The van der Waals surface area contributed by atoms with Crippen LogP contribution in [0, 0.1) is 6.92 Å². The summed E-state index contributed by atoms with van der Waals surface area (Å²) in [4.78, 5) is 19.2. The van der Waals surface area contributed by atoms with Gasteiger partial charge in [-0.05, 0) is 55.6 Å². The summed E-state index contributed by atoms with van der Waals surface area (Å²) in [5.41, 5.74) is 2.64. The Labute approximate surface area is 161 Å². The van der Waals surface area contributed by atoms with Crippen LogP contribution < -0.4 is 5.32 Å². The van der Waals surface area contributed by atoms with Gasteiger partial charge >= 0.3 is 0 Å². The van der Waals surface area contributed by atoms with Crippen LogP contribution in [0.5, 0.6) is 0 Å². The van der Waals surface area contributed by atoms with E-state index in [9.17, 15) is 9.90 Å². The van der Waals surface area contributed by atoms with E-state index in [0.717, 1.165) is 43.5 Å². The molecule has 5 nitrogen and oxygen atoms in total. The molecule has 0 unspecified atom stereocenters. The van der Waals surface area contributed by atoms with Gasteiger partial charge in [0.15, 0.2) is 0 Å².